The summed E-state index contributed by atoms with van der Waals surface area (Å²) < 4.78 is 50.9. The van der Waals surface area contributed by atoms with Crippen LogP contribution in [0.25, 0.3) is 0 Å². The summed E-state index contributed by atoms with van der Waals surface area (Å²) in [4.78, 5) is 12.5. The third-order valence-corrected chi connectivity index (χ3v) is 8.42. The number of nitrogens with zero attached hydrogens (tertiary/aromatic N) is 2. The minimum atomic E-state index is -3.54. The van der Waals surface area contributed by atoms with E-state index >= 15 is 0 Å². The van der Waals surface area contributed by atoms with Crippen LogP contribution < -0.4 is 5.32 Å². The fraction of sp³-hybridized carbons (Fsp3) is 0.611. The maximum Gasteiger partial charge on any atom is 0.251 e. The van der Waals surface area contributed by atoms with E-state index in [2.05, 4.69) is 5.32 Å². The molecule has 0 spiro atoms. The molecule has 1 fully saturated rings. The largest absolute Gasteiger partial charge is 0.352 e. The molecule has 1 heterocycles. The minimum absolute atomic E-state index is 0.167. The Labute approximate surface area is 168 Å². The lowest BCUT2D eigenvalue weighted by atomic mass is 9.98. The lowest BCUT2D eigenvalue weighted by molar-refractivity contribution is 0.0941. The van der Waals surface area contributed by atoms with Crippen LogP contribution >= 0.6 is 0 Å². The number of nitrogens with one attached hydrogen (secondary N) is 1. The summed E-state index contributed by atoms with van der Waals surface area (Å²) in [5, 5.41) is 2.86. The zero-order valence-electron chi connectivity index (χ0n) is 16.6. The molecule has 0 aliphatic carbocycles. The van der Waals surface area contributed by atoms with E-state index in [0.29, 0.717) is 51.1 Å². The van der Waals surface area contributed by atoms with Gasteiger partial charge in [-0.3, -0.25) is 4.79 Å². The molecule has 2 rings (SSSR count). The van der Waals surface area contributed by atoms with Gasteiger partial charge in [0.05, 0.1) is 11.2 Å². The van der Waals surface area contributed by atoms with E-state index in [1.807, 2.05) is 0 Å². The summed E-state index contributed by atoms with van der Waals surface area (Å²) in [6.07, 6.45) is 2.61. The zero-order chi connectivity index (χ0) is 20.9. The first-order valence-electron chi connectivity index (χ1n) is 9.43. The normalized spacial score (nSPS) is 17.0. The van der Waals surface area contributed by atoms with Crippen LogP contribution in [0.15, 0.2) is 29.2 Å². The molecule has 10 heteroatoms. The predicted molar refractivity (Wildman–Crippen MR) is 108 cm³/mol. The lowest BCUT2D eigenvalue weighted by Crippen LogP contribution is -2.41. The van der Waals surface area contributed by atoms with Gasteiger partial charge in [0, 0.05) is 38.3 Å². The average molecular weight is 432 g/mol. The van der Waals surface area contributed by atoms with E-state index in [0.717, 1.165) is 0 Å². The molecule has 1 amide bonds. The van der Waals surface area contributed by atoms with E-state index in [-0.39, 0.29) is 16.7 Å². The van der Waals surface area contributed by atoms with E-state index in [1.54, 1.807) is 13.8 Å². The first-order valence-corrected chi connectivity index (χ1v) is 12.7. The van der Waals surface area contributed by atoms with Gasteiger partial charge in [0.1, 0.15) is 0 Å². The Bertz CT molecular complexity index is 870. The van der Waals surface area contributed by atoms with Gasteiger partial charge < -0.3 is 5.32 Å². The molecule has 28 heavy (non-hydrogen) atoms. The van der Waals surface area contributed by atoms with Crippen molar-refractivity contribution in [1.29, 1.82) is 0 Å². The number of sulfonamides is 2. The molecule has 0 saturated carbocycles. The molecule has 1 saturated heterocycles. The van der Waals surface area contributed by atoms with Crippen LogP contribution in [0.3, 0.4) is 0 Å². The Kier molecular flexibility index (Phi) is 7.60. The quantitative estimate of drug-likeness (QED) is 0.664. The second-order valence-electron chi connectivity index (χ2n) is 6.93. The fourth-order valence-corrected chi connectivity index (χ4v) is 5.61. The number of hydrogen-bond donors (Lipinski definition) is 1. The number of rotatable bonds is 8. The number of benzene rings is 1. The van der Waals surface area contributed by atoms with Gasteiger partial charge in [-0.1, -0.05) is 13.8 Å². The zero-order valence-corrected chi connectivity index (χ0v) is 18.2. The first-order chi connectivity index (χ1) is 13.1. The Hall–Kier alpha value is -1.49. The van der Waals surface area contributed by atoms with Crippen molar-refractivity contribution in [3.8, 4) is 0 Å². The van der Waals surface area contributed by atoms with Crippen LogP contribution in [0, 0.1) is 5.92 Å². The summed E-state index contributed by atoms with van der Waals surface area (Å²) in [5.74, 6) is -0.0402. The molecular formula is C18H29N3O5S2. The molecule has 0 radical (unpaired) electrons. The van der Waals surface area contributed by atoms with Gasteiger partial charge in [-0.2, -0.15) is 4.31 Å². The van der Waals surface area contributed by atoms with Gasteiger partial charge in [0.25, 0.3) is 5.91 Å². The molecular weight excluding hydrogens is 402 g/mol. The molecule has 0 bridgehead atoms. The van der Waals surface area contributed by atoms with Gasteiger partial charge in [-0.05, 0) is 43.0 Å². The van der Waals surface area contributed by atoms with Crippen LogP contribution in [0.4, 0.5) is 0 Å². The van der Waals surface area contributed by atoms with E-state index in [9.17, 15) is 21.6 Å². The smallest absolute Gasteiger partial charge is 0.251 e. The van der Waals surface area contributed by atoms with Gasteiger partial charge >= 0.3 is 0 Å². The molecule has 1 aromatic rings. The van der Waals surface area contributed by atoms with Crippen LogP contribution in [0.1, 0.15) is 37.0 Å². The Balaban J connectivity index is 1.92. The SMILES string of the molecule is CCN(CC)S(=O)(=O)c1ccc(C(=O)NCC2CCN(S(C)(=O)=O)CC2)cc1. The van der Waals surface area contributed by atoms with E-state index in [4.69, 9.17) is 0 Å². The molecule has 158 valence electrons. The van der Waals surface area contributed by atoms with E-state index in [1.165, 1.54) is 39.1 Å². The van der Waals surface area contributed by atoms with Crippen molar-refractivity contribution < 1.29 is 21.6 Å². The monoisotopic (exact) mass is 431 g/mol. The third-order valence-electron chi connectivity index (χ3n) is 5.05. The summed E-state index contributed by atoms with van der Waals surface area (Å²) in [6, 6.07) is 5.93. The number of hydrogen-bond acceptors (Lipinski definition) is 5. The number of carbonyl (C=O) groups is 1. The maximum atomic E-state index is 12.5. The van der Waals surface area contributed by atoms with Crippen molar-refractivity contribution in [3.63, 3.8) is 0 Å². The van der Waals surface area contributed by atoms with Crippen molar-refractivity contribution >= 4 is 26.0 Å². The Morgan fingerprint density at radius 1 is 1.07 bits per heavy atom. The van der Waals surface area contributed by atoms with Gasteiger partial charge in [0.2, 0.25) is 20.0 Å². The molecule has 1 aliphatic heterocycles. The van der Waals surface area contributed by atoms with Crippen molar-refractivity contribution in [1.82, 2.24) is 13.9 Å². The van der Waals surface area contributed by atoms with E-state index < -0.39 is 20.0 Å². The molecule has 1 aliphatic rings. The van der Waals surface area contributed by atoms with Crippen LogP contribution in [-0.2, 0) is 20.0 Å². The number of carbonyl (C=O) groups excluding carboxylic acids is 1. The minimum Gasteiger partial charge on any atom is -0.352 e. The van der Waals surface area contributed by atoms with Crippen molar-refractivity contribution in [2.75, 3.05) is 39.0 Å². The summed E-state index contributed by atoms with van der Waals surface area (Å²) in [7, 11) is -6.70. The van der Waals surface area contributed by atoms with Crippen molar-refractivity contribution in [3.05, 3.63) is 29.8 Å². The van der Waals surface area contributed by atoms with Crippen LogP contribution in [0.5, 0.6) is 0 Å². The van der Waals surface area contributed by atoms with Gasteiger partial charge in [-0.25, -0.2) is 21.1 Å². The predicted octanol–water partition coefficient (Wildman–Crippen LogP) is 1.12. The fourth-order valence-electron chi connectivity index (χ4n) is 3.28. The number of amides is 1. The standard InChI is InChI=1S/C18H29N3O5S2/c1-4-20(5-2)28(25,26)17-8-6-16(7-9-17)18(22)19-14-15-10-12-21(13-11-15)27(3,23)24/h6-9,15H,4-5,10-14H2,1-3H3,(H,19,22). The Morgan fingerprint density at radius 2 is 1.61 bits per heavy atom. The third kappa shape index (κ3) is 5.53. The van der Waals surface area contributed by atoms with Crippen molar-refractivity contribution in [2.24, 2.45) is 5.92 Å². The summed E-state index contributed by atoms with van der Waals surface area (Å²) in [6.45, 7) is 5.75. The lowest BCUT2D eigenvalue weighted by Gasteiger charge is -2.30. The van der Waals surface area contributed by atoms with Crippen LogP contribution in [0.2, 0.25) is 0 Å². The Morgan fingerprint density at radius 3 is 2.07 bits per heavy atom. The second kappa shape index (κ2) is 9.34. The topological polar surface area (TPSA) is 104 Å². The van der Waals surface area contributed by atoms with Gasteiger partial charge in [0.15, 0.2) is 0 Å². The highest BCUT2D eigenvalue weighted by Gasteiger charge is 2.25. The first kappa shape index (κ1) is 22.8. The highest BCUT2D eigenvalue weighted by atomic mass is 32.2. The molecule has 0 aromatic heterocycles. The van der Waals surface area contributed by atoms with Crippen molar-refractivity contribution in [2.45, 2.75) is 31.6 Å². The molecule has 1 N–H and O–H groups in total. The molecule has 8 nitrogen and oxygen atoms in total. The highest BCUT2D eigenvalue weighted by molar-refractivity contribution is 7.89. The maximum absolute atomic E-state index is 12.5. The summed E-state index contributed by atoms with van der Waals surface area (Å²) >= 11 is 0. The number of piperidine rings is 1. The molecule has 0 atom stereocenters. The molecule has 0 unspecified atom stereocenters. The van der Waals surface area contributed by atoms with Gasteiger partial charge in [-0.15, -0.1) is 0 Å². The van der Waals surface area contributed by atoms with Crippen LogP contribution in [-0.4, -0.2) is 70.3 Å². The molecule has 1 aromatic carbocycles. The average Bonchev–Trinajstić information content (AvgIpc) is 2.66. The second-order valence-corrected chi connectivity index (χ2v) is 10.8. The summed E-state index contributed by atoms with van der Waals surface area (Å²) in [5.41, 5.74) is 0.395. The highest BCUT2D eigenvalue weighted by Crippen LogP contribution is 2.19.